The highest BCUT2D eigenvalue weighted by Crippen LogP contribution is 2.31. The summed E-state index contributed by atoms with van der Waals surface area (Å²) in [5, 5.41) is 13.2. The number of phenols is 1. The number of carbonyl (C=O) groups is 1. The molecule has 3 rings (SSSR count). The number of aromatic nitrogens is 1. The zero-order valence-electron chi connectivity index (χ0n) is 13.4. The Labute approximate surface area is 139 Å². The third kappa shape index (κ3) is 3.17. The topological polar surface area (TPSA) is 84.6 Å². The second kappa shape index (κ2) is 6.62. The van der Waals surface area contributed by atoms with Crippen molar-refractivity contribution in [3.63, 3.8) is 0 Å². The number of hydrogen-bond acceptors (Lipinski definition) is 5. The highest BCUT2D eigenvalue weighted by Gasteiger charge is 2.19. The molecule has 0 fully saturated rings. The first kappa shape index (κ1) is 15.9. The van der Waals surface area contributed by atoms with Gasteiger partial charge in [0.25, 0.3) is 5.91 Å². The smallest absolute Gasteiger partial charge is 0.394 e. The minimum atomic E-state index is -0.361. The molecule has 1 aromatic heterocycles. The number of methoxy groups -OCH3 is 1. The first-order chi connectivity index (χ1) is 11.6. The quantitative estimate of drug-likeness (QED) is 0.753. The molecule has 1 unspecified atom stereocenters. The van der Waals surface area contributed by atoms with Crippen LogP contribution < -0.4 is 10.1 Å². The van der Waals surface area contributed by atoms with E-state index in [-0.39, 0.29) is 34.9 Å². The zero-order chi connectivity index (χ0) is 17.1. The van der Waals surface area contributed by atoms with E-state index in [4.69, 9.17) is 9.15 Å². The van der Waals surface area contributed by atoms with E-state index in [9.17, 15) is 9.90 Å². The second-order valence-corrected chi connectivity index (χ2v) is 5.56. The Morgan fingerprint density at radius 3 is 2.75 bits per heavy atom. The Bertz CT molecular complexity index is 858. The molecule has 0 aliphatic heterocycles. The molecule has 6 heteroatoms. The summed E-state index contributed by atoms with van der Waals surface area (Å²) in [5.74, 6) is -0.580. The van der Waals surface area contributed by atoms with Crippen molar-refractivity contribution in [2.45, 2.75) is 19.4 Å². The summed E-state index contributed by atoms with van der Waals surface area (Å²) in [6.07, 6.45) is 0.739. The molecule has 124 valence electrons. The van der Waals surface area contributed by atoms with Crippen molar-refractivity contribution in [3.8, 4) is 11.8 Å². The molecular weight excluding hydrogens is 308 g/mol. The largest absolute Gasteiger partial charge is 0.505 e. The van der Waals surface area contributed by atoms with Crippen LogP contribution in [-0.2, 0) is 6.42 Å². The standard InChI is InChI=1S/C18H18N2O4/c1-11(10-12-6-4-3-5-7-12)19-17(22)13-8-9-14-15(16(13)21)20-18(23-2)24-14/h3-9,11,21H,10H2,1-2H3,(H,19,22). The predicted octanol–water partition coefficient (Wildman–Crippen LogP) is 2.90. The van der Waals surface area contributed by atoms with Crippen LogP contribution >= 0.6 is 0 Å². The molecule has 0 spiro atoms. The maximum Gasteiger partial charge on any atom is 0.394 e. The molecule has 1 atom stereocenters. The van der Waals surface area contributed by atoms with E-state index in [1.807, 2.05) is 37.3 Å². The monoisotopic (exact) mass is 326 g/mol. The molecule has 3 aromatic rings. The number of oxazole rings is 1. The van der Waals surface area contributed by atoms with Crippen LogP contribution in [0.25, 0.3) is 11.1 Å². The Hall–Kier alpha value is -3.02. The maximum absolute atomic E-state index is 12.4. The Balaban J connectivity index is 1.77. The number of nitrogens with zero attached hydrogens (tertiary/aromatic N) is 1. The van der Waals surface area contributed by atoms with Gasteiger partial charge in [0.15, 0.2) is 16.8 Å². The van der Waals surface area contributed by atoms with E-state index in [0.29, 0.717) is 12.0 Å². The molecule has 0 aliphatic rings. The van der Waals surface area contributed by atoms with Crippen molar-refractivity contribution in [2.24, 2.45) is 0 Å². The summed E-state index contributed by atoms with van der Waals surface area (Å²) < 4.78 is 10.2. The first-order valence-electron chi connectivity index (χ1n) is 7.59. The van der Waals surface area contributed by atoms with Crippen LogP contribution in [0.15, 0.2) is 46.9 Å². The SMILES string of the molecule is COc1nc2c(O)c(C(=O)NC(C)Cc3ccccc3)ccc2o1. The van der Waals surface area contributed by atoms with E-state index < -0.39 is 0 Å². The maximum atomic E-state index is 12.4. The highest BCUT2D eigenvalue weighted by molar-refractivity contribution is 6.01. The van der Waals surface area contributed by atoms with Gasteiger partial charge < -0.3 is 19.6 Å². The minimum Gasteiger partial charge on any atom is -0.505 e. The van der Waals surface area contributed by atoms with Crippen molar-refractivity contribution in [2.75, 3.05) is 7.11 Å². The first-order valence-corrected chi connectivity index (χ1v) is 7.59. The number of aromatic hydroxyl groups is 1. The number of nitrogens with one attached hydrogen (secondary N) is 1. The lowest BCUT2D eigenvalue weighted by Gasteiger charge is -2.14. The summed E-state index contributed by atoms with van der Waals surface area (Å²) >= 11 is 0. The second-order valence-electron chi connectivity index (χ2n) is 5.56. The van der Waals surface area contributed by atoms with Gasteiger partial charge in [-0.25, -0.2) is 0 Å². The van der Waals surface area contributed by atoms with Gasteiger partial charge in [-0.3, -0.25) is 4.79 Å². The van der Waals surface area contributed by atoms with E-state index in [1.165, 1.54) is 13.2 Å². The molecule has 0 aliphatic carbocycles. The molecular formula is C18H18N2O4. The third-order valence-corrected chi connectivity index (χ3v) is 3.70. The summed E-state index contributed by atoms with van der Waals surface area (Å²) in [6.45, 7) is 1.92. The lowest BCUT2D eigenvalue weighted by molar-refractivity contribution is 0.0937. The molecule has 0 bridgehead atoms. The molecule has 24 heavy (non-hydrogen) atoms. The molecule has 1 heterocycles. The number of rotatable bonds is 5. The predicted molar refractivity (Wildman–Crippen MR) is 89.3 cm³/mol. The number of amides is 1. The summed E-state index contributed by atoms with van der Waals surface area (Å²) in [7, 11) is 1.42. The van der Waals surface area contributed by atoms with Gasteiger partial charge >= 0.3 is 6.08 Å². The average molecular weight is 326 g/mol. The number of benzene rings is 2. The van der Waals surface area contributed by atoms with Crippen LogP contribution in [0.2, 0.25) is 0 Å². The van der Waals surface area contributed by atoms with Crippen molar-refractivity contribution >= 4 is 17.0 Å². The summed E-state index contributed by atoms with van der Waals surface area (Å²) in [4.78, 5) is 16.4. The van der Waals surface area contributed by atoms with Gasteiger partial charge in [0.1, 0.15) is 0 Å². The normalized spacial score (nSPS) is 12.1. The fraction of sp³-hybridized carbons (Fsp3) is 0.222. The van der Waals surface area contributed by atoms with Crippen LogP contribution in [0.4, 0.5) is 0 Å². The Morgan fingerprint density at radius 2 is 2.04 bits per heavy atom. The third-order valence-electron chi connectivity index (χ3n) is 3.70. The zero-order valence-corrected chi connectivity index (χ0v) is 13.4. The fourth-order valence-corrected chi connectivity index (χ4v) is 2.55. The number of hydrogen-bond donors (Lipinski definition) is 2. The summed E-state index contributed by atoms with van der Waals surface area (Å²) in [6, 6.07) is 12.9. The van der Waals surface area contributed by atoms with Crippen LogP contribution in [0.5, 0.6) is 11.8 Å². The van der Waals surface area contributed by atoms with E-state index >= 15 is 0 Å². The van der Waals surface area contributed by atoms with E-state index in [2.05, 4.69) is 10.3 Å². The minimum absolute atomic E-state index is 0.0373. The van der Waals surface area contributed by atoms with Gasteiger partial charge in [-0.1, -0.05) is 30.3 Å². The molecule has 6 nitrogen and oxygen atoms in total. The Kier molecular flexibility index (Phi) is 4.37. The number of phenolic OH excluding ortho intramolecular Hbond substituents is 1. The lowest BCUT2D eigenvalue weighted by Crippen LogP contribution is -2.34. The van der Waals surface area contributed by atoms with Crippen LogP contribution in [0, 0.1) is 0 Å². The van der Waals surface area contributed by atoms with Crippen molar-refractivity contribution in [3.05, 3.63) is 53.6 Å². The highest BCUT2D eigenvalue weighted by atomic mass is 16.6. The van der Waals surface area contributed by atoms with Crippen LogP contribution in [0.1, 0.15) is 22.8 Å². The van der Waals surface area contributed by atoms with Gasteiger partial charge in [-0.2, -0.15) is 4.98 Å². The number of fused-ring (bicyclic) bond motifs is 1. The molecule has 1 amide bonds. The molecule has 0 radical (unpaired) electrons. The van der Waals surface area contributed by atoms with E-state index in [1.54, 1.807) is 6.07 Å². The lowest BCUT2D eigenvalue weighted by atomic mass is 10.1. The van der Waals surface area contributed by atoms with Gasteiger partial charge in [0.05, 0.1) is 12.7 Å². The molecule has 0 saturated carbocycles. The molecule has 2 N–H and O–H groups in total. The van der Waals surface area contributed by atoms with Gasteiger partial charge in [0.2, 0.25) is 0 Å². The van der Waals surface area contributed by atoms with E-state index in [0.717, 1.165) is 5.56 Å². The fourth-order valence-electron chi connectivity index (χ4n) is 2.55. The van der Waals surface area contributed by atoms with Crippen molar-refractivity contribution in [1.82, 2.24) is 10.3 Å². The molecule has 2 aromatic carbocycles. The van der Waals surface area contributed by atoms with Crippen molar-refractivity contribution < 1.29 is 19.1 Å². The summed E-state index contributed by atoms with van der Waals surface area (Å²) in [5.41, 5.74) is 1.85. The van der Waals surface area contributed by atoms with Gasteiger partial charge in [-0.15, -0.1) is 0 Å². The number of ether oxygens (including phenoxy) is 1. The molecule has 0 saturated heterocycles. The van der Waals surface area contributed by atoms with Gasteiger partial charge in [-0.05, 0) is 31.0 Å². The number of carbonyl (C=O) groups excluding carboxylic acids is 1. The van der Waals surface area contributed by atoms with Crippen LogP contribution in [-0.4, -0.2) is 29.1 Å². The Morgan fingerprint density at radius 1 is 1.29 bits per heavy atom. The van der Waals surface area contributed by atoms with Crippen molar-refractivity contribution in [1.29, 1.82) is 0 Å². The van der Waals surface area contributed by atoms with Gasteiger partial charge in [0, 0.05) is 6.04 Å². The van der Waals surface area contributed by atoms with Crippen LogP contribution in [0.3, 0.4) is 0 Å². The average Bonchev–Trinajstić information content (AvgIpc) is 3.00.